The fourth-order valence-electron chi connectivity index (χ4n) is 2.41. The van der Waals surface area contributed by atoms with Crippen molar-refractivity contribution < 1.29 is 9.59 Å². The van der Waals surface area contributed by atoms with Crippen LogP contribution in [0.1, 0.15) is 36.5 Å². The third-order valence-electron chi connectivity index (χ3n) is 3.91. The second-order valence-corrected chi connectivity index (χ2v) is 6.08. The lowest BCUT2D eigenvalue weighted by molar-refractivity contribution is -0.119. The van der Waals surface area contributed by atoms with Gasteiger partial charge in [0, 0.05) is 31.2 Å². The molecule has 2 amide bonds. The van der Waals surface area contributed by atoms with Crippen molar-refractivity contribution in [1.82, 2.24) is 4.90 Å². The number of hydrogen-bond donors (Lipinski definition) is 2. The van der Waals surface area contributed by atoms with Crippen LogP contribution in [0.25, 0.3) is 0 Å². The first-order valence-corrected chi connectivity index (χ1v) is 8.00. The van der Waals surface area contributed by atoms with Crippen LogP contribution < -0.4 is 11.1 Å². The molecule has 1 saturated heterocycles. The first-order chi connectivity index (χ1) is 10.5. The second-order valence-electron chi connectivity index (χ2n) is 5.67. The molecule has 1 heterocycles. The van der Waals surface area contributed by atoms with E-state index in [2.05, 4.69) is 5.32 Å². The molecule has 0 aromatic heterocycles. The van der Waals surface area contributed by atoms with Gasteiger partial charge >= 0.3 is 0 Å². The molecule has 120 valence electrons. The topological polar surface area (TPSA) is 75.4 Å². The summed E-state index contributed by atoms with van der Waals surface area (Å²) in [5.41, 5.74) is 6.52. The van der Waals surface area contributed by atoms with E-state index in [0.29, 0.717) is 16.3 Å². The molecule has 22 heavy (non-hydrogen) atoms. The smallest absolute Gasteiger partial charge is 0.255 e. The average molecular weight is 324 g/mol. The number of piperidine rings is 1. The van der Waals surface area contributed by atoms with Crippen molar-refractivity contribution in [1.29, 1.82) is 0 Å². The summed E-state index contributed by atoms with van der Waals surface area (Å²) in [4.78, 5) is 26.1. The van der Waals surface area contributed by atoms with Crippen molar-refractivity contribution in [2.24, 2.45) is 11.7 Å². The first kappa shape index (κ1) is 16.8. The number of likely N-dealkylation sites (tertiary alicyclic amines) is 1. The summed E-state index contributed by atoms with van der Waals surface area (Å²) >= 11 is 6.22. The van der Waals surface area contributed by atoms with E-state index in [1.165, 1.54) is 6.42 Å². The van der Waals surface area contributed by atoms with Gasteiger partial charge in [0.15, 0.2) is 0 Å². The third-order valence-corrected chi connectivity index (χ3v) is 4.22. The predicted octanol–water partition coefficient (Wildman–Crippen LogP) is 2.50. The van der Waals surface area contributed by atoms with Gasteiger partial charge < -0.3 is 16.0 Å². The van der Waals surface area contributed by atoms with Crippen molar-refractivity contribution >= 4 is 29.1 Å². The van der Waals surface area contributed by atoms with E-state index in [1.54, 1.807) is 25.1 Å². The summed E-state index contributed by atoms with van der Waals surface area (Å²) in [6.07, 6.45) is 3.24. The monoisotopic (exact) mass is 323 g/mol. The minimum Gasteiger partial charge on any atom is -0.339 e. The van der Waals surface area contributed by atoms with E-state index in [0.717, 1.165) is 25.9 Å². The number of nitrogens with two attached hydrogens (primary N) is 1. The van der Waals surface area contributed by atoms with Crippen LogP contribution in [0.15, 0.2) is 18.2 Å². The van der Waals surface area contributed by atoms with Crippen molar-refractivity contribution in [2.75, 3.05) is 25.0 Å². The number of nitrogens with zero attached hydrogens (tertiary/aromatic N) is 1. The van der Waals surface area contributed by atoms with E-state index in [1.807, 2.05) is 4.90 Å². The Kier molecular flexibility index (Phi) is 5.80. The maximum atomic E-state index is 12.4. The molecule has 6 heteroatoms. The summed E-state index contributed by atoms with van der Waals surface area (Å²) in [7, 11) is 0. The standard InChI is InChI=1S/C16H22ClN3O2/c1-11(10-18)15(21)19-12-5-6-13(14(17)9-12)16(22)20-7-3-2-4-8-20/h5-6,9,11H,2-4,7-8,10,18H2,1H3,(H,19,21). The molecule has 0 spiro atoms. The van der Waals surface area contributed by atoms with Gasteiger partial charge in [-0.25, -0.2) is 0 Å². The van der Waals surface area contributed by atoms with Crippen LogP contribution in [-0.4, -0.2) is 36.3 Å². The van der Waals surface area contributed by atoms with E-state index in [4.69, 9.17) is 17.3 Å². The molecule has 0 radical (unpaired) electrons. The zero-order valence-electron chi connectivity index (χ0n) is 12.8. The number of hydrogen-bond acceptors (Lipinski definition) is 3. The summed E-state index contributed by atoms with van der Waals surface area (Å²) < 4.78 is 0. The molecule has 1 fully saturated rings. The van der Waals surface area contributed by atoms with Gasteiger partial charge in [-0.05, 0) is 37.5 Å². The van der Waals surface area contributed by atoms with Crippen molar-refractivity contribution in [3.63, 3.8) is 0 Å². The highest BCUT2D eigenvalue weighted by atomic mass is 35.5. The van der Waals surface area contributed by atoms with Crippen LogP contribution in [0, 0.1) is 5.92 Å². The largest absolute Gasteiger partial charge is 0.339 e. The van der Waals surface area contributed by atoms with Crippen LogP contribution in [0.5, 0.6) is 0 Å². The van der Waals surface area contributed by atoms with Gasteiger partial charge in [0.25, 0.3) is 5.91 Å². The molecular weight excluding hydrogens is 302 g/mol. The first-order valence-electron chi connectivity index (χ1n) is 7.62. The molecule has 0 saturated carbocycles. The Hall–Kier alpha value is -1.59. The number of halogens is 1. The number of anilines is 1. The molecule has 5 nitrogen and oxygen atoms in total. The Morgan fingerprint density at radius 3 is 2.59 bits per heavy atom. The van der Waals surface area contributed by atoms with E-state index in [-0.39, 0.29) is 24.3 Å². The minimum atomic E-state index is -0.270. The fourth-order valence-corrected chi connectivity index (χ4v) is 2.67. The van der Waals surface area contributed by atoms with E-state index >= 15 is 0 Å². The maximum absolute atomic E-state index is 12.4. The number of benzene rings is 1. The summed E-state index contributed by atoms with van der Waals surface area (Å²) in [6.45, 7) is 3.60. The molecule has 0 aliphatic carbocycles. The number of nitrogens with one attached hydrogen (secondary N) is 1. The lowest BCUT2D eigenvalue weighted by Gasteiger charge is -2.27. The van der Waals surface area contributed by atoms with E-state index in [9.17, 15) is 9.59 Å². The molecule has 1 atom stereocenters. The molecule has 1 aromatic carbocycles. The lowest BCUT2D eigenvalue weighted by atomic mass is 10.1. The summed E-state index contributed by atoms with van der Waals surface area (Å²) in [5.74, 6) is -0.472. The molecule has 2 rings (SSSR count). The second kappa shape index (κ2) is 7.61. The summed E-state index contributed by atoms with van der Waals surface area (Å²) in [5, 5.41) is 3.11. The van der Waals surface area contributed by atoms with Gasteiger partial charge in [-0.3, -0.25) is 9.59 Å². The fraction of sp³-hybridized carbons (Fsp3) is 0.500. The SMILES string of the molecule is CC(CN)C(=O)Nc1ccc(C(=O)N2CCCCC2)c(Cl)c1. The Labute approximate surface area is 135 Å². The molecule has 1 aliphatic rings. The zero-order chi connectivity index (χ0) is 16.1. The number of carbonyl (C=O) groups is 2. The highest BCUT2D eigenvalue weighted by Gasteiger charge is 2.20. The van der Waals surface area contributed by atoms with Gasteiger partial charge in [-0.2, -0.15) is 0 Å². The predicted molar refractivity (Wildman–Crippen MR) is 88.1 cm³/mol. The highest BCUT2D eigenvalue weighted by molar-refractivity contribution is 6.34. The van der Waals surface area contributed by atoms with Gasteiger partial charge in [0.05, 0.1) is 10.6 Å². The highest BCUT2D eigenvalue weighted by Crippen LogP contribution is 2.24. The van der Waals surface area contributed by atoms with E-state index < -0.39 is 0 Å². The van der Waals surface area contributed by atoms with Gasteiger partial charge in [-0.1, -0.05) is 18.5 Å². The molecule has 1 unspecified atom stereocenters. The molecule has 0 bridgehead atoms. The quantitative estimate of drug-likeness (QED) is 0.894. The Morgan fingerprint density at radius 1 is 1.32 bits per heavy atom. The van der Waals surface area contributed by atoms with Crippen molar-refractivity contribution in [3.05, 3.63) is 28.8 Å². The molecule has 1 aliphatic heterocycles. The van der Waals surface area contributed by atoms with Crippen molar-refractivity contribution in [3.8, 4) is 0 Å². The Bertz CT molecular complexity index is 556. The van der Waals surface area contributed by atoms with Crippen LogP contribution >= 0.6 is 11.6 Å². The average Bonchev–Trinajstić information content (AvgIpc) is 2.54. The van der Waals surface area contributed by atoms with Crippen LogP contribution in [-0.2, 0) is 4.79 Å². The Balaban J connectivity index is 2.09. The number of amides is 2. The van der Waals surface area contributed by atoms with Crippen molar-refractivity contribution in [2.45, 2.75) is 26.2 Å². The molecule has 1 aromatic rings. The molecular formula is C16H22ClN3O2. The van der Waals surface area contributed by atoms with Gasteiger partial charge in [0.1, 0.15) is 0 Å². The van der Waals surface area contributed by atoms with Crippen LogP contribution in [0.4, 0.5) is 5.69 Å². The van der Waals surface area contributed by atoms with Gasteiger partial charge in [0.2, 0.25) is 5.91 Å². The van der Waals surface area contributed by atoms with Gasteiger partial charge in [-0.15, -0.1) is 0 Å². The summed E-state index contributed by atoms with van der Waals surface area (Å²) in [6, 6.07) is 4.98. The van der Waals surface area contributed by atoms with Crippen LogP contribution in [0.3, 0.4) is 0 Å². The zero-order valence-corrected chi connectivity index (χ0v) is 13.5. The third kappa shape index (κ3) is 3.99. The molecule has 3 N–H and O–H groups in total. The number of rotatable bonds is 4. The Morgan fingerprint density at radius 2 is 2.00 bits per heavy atom. The maximum Gasteiger partial charge on any atom is 0.255 e. The van der Waals surface area contributed by atoms with Crippen LogP contribution in [0.2, 0.25) is 5.02 Å². The number of carbonyl (C=O) groups excluding carboxylic acids is 2. The normalized spacial score (nSPS) is 16.2. The lowest BCUT2D eigenvalue weighted by Crippen LogP contribution is -2.35. The minimum absolute atomic E-state index is 0.0436.